The molecule has 0 unspecified atom stereocenters. The van der Waals surface area contributed by atoms with Crippen LogP contribution in [0.2, 0.25) is 0 Å². The number of hydrogen-bond donors (Lipinski definition) is 1. The Morgan fingerprint density at radius 3 is 2.41 bits per heavy atom. The molecule has 3 aromatic heterocycles. The van der Waals surface area contributed by atoms with E-state index in [1.807, 2.05) is 85.4 Å². The Morgan fingerprint density at radius 2 is 1.65 bits per heavy atom. The fourth-order valence-corrected chi connectivity index (χ4v) is 4.14. The lowest BCUT2D eigenvalue weighted by molar-refractivity contribution is -0.117. The number of aromatic nitrogens is 4. The minimum Gasteiger partial charge on any atom is -0.346 e. The molecule has 0 amide bonds. The number of Topliss-reactive ketones (excluding diaryl/α,β-unsaturated/α-hetero) is 1. The molecule has 0 bridgehead atoms. The Hall–Kier alpha value is -4.32. The van der Waals surface area contributed by atoms with Crippen molar-refractivity contribution in [3.05, 3.63) is 102 Å². The molecule has 0 radical (unpaired) electrons. The molecule has 0 aliphatic carbocycles. The fraction of sp³-hybridized carbons (Fsp3) is 0.143. The number of fused-ring (bicyclic) bond motifs is 1. The van der Waals surface area contributed by atoms with E-state index in [1.54, 1.807) is 12.4 Å². The highest BCUT2D eigenvalue weighted by Gasteiger charge is 2.14. The highest BCUT2D eigenvalue weighted by molar-refractivity contribution is 5.90. The van der Waals surface area contributed by atoms with Crippen molar-refractivity contribution in [2.75, 3.05) is 5.32 Å². The number of ketones is 1. The molecular weight excluding hydrogens is 422 g/mol. The summed E-state index contributed by atoms with van der Waals surface area (Å²) in [4.78, 5) is 26.5. The number of hydrogen-bond acceptors (Lipinski definition) is 5. The van der Waals surface area contributed by atoms with Gasteiger partial charge in [0, 0.05) is 49.7 Å². The third kappa shape index (κ3) is 4.71. The molecule has 0 aliphatic rings. The van der Waals surface area contributed by atoms with Gasteiger partial charge in [-0.1, -0.05) is 48.0 Å². The number of rotatable bonds is 7. The average molecular weight is 448 g/mol. The third-order valence-corrected chi connectivity index (χ3v) is 5.73. The first-order valence-electron chi connectivity index (χ1n) is 11.2. The summed E-state index contributed by atoms with van der Waals surface area (Å²) in [6.07, 6.45) is 6.25. The van der Waals surface area contributed by atoms with Crippen LogP contribution in [0, 0.1) is 6.92 Å². The first-order valence-corrected chi connectivity index (χ1v) is 11.2. The molecule has 0 spiro atoms. The molecule has 5 aromatic rings. The van der Waals surface area contributed by atoms with Gasteiger partial charge < -0.3 is 9.88 Å². The Balaban J connectivity index is 1.43. The molecule has 6 heteroatoms. The zero-order chi connectivity index (χ0) is 23.5. The van der Waals surface area contributed by atoms with E-state index in [1.165, 1.54) is 0 Å². The van der Waals surface area contributed by atoms with E-state index in [0.717, 1.165) is 44.8 Å². The zero-order valence-corrected chi connectivity index (χ0v) is 19.2. The van der Waals surface area contributed by atoms with Crippen molar-refractivity contribution in [1.82, 2.24) is 19.5 Å². The number of carbonyl (C=O) groups excluding carboxylic acids is 1. The molecular formula is C28H25N5O. The van der Waals surface area contributed by atoms with Gasteiger partial charge in [0.15, 0.2) is 11.6 Å². The Bertz CT molecular complexity index is 1470. The second-order valence-corrected chi connectivity index (χ2v) is 8.50. The lowest BCUT2D eigenvalue weighted by atomic mass is 10.0. The van der Waals surface area contributed by atoms with Crippen LogP contribution in [0.15, 0.2) is 85.3 Å². The first-order chi connectivity index (χ1) is 16.5. The molecule has 168 valence electrons. The van der Waals surface area contributed by atoms with Crippen LogP contribution in [0.25, 0.3) is 22.4 Å². The Morgan fingerprint density at radius 1 is 0.912 bits per heavy atom. The van der Waals surface area contributed by atoms with Gasteiger partial charge in [0.25, 0.3) is 0 Å². The minimum atomic E-state index is 0.183. The lowest BCUT2D eigenvalue weighted by Crippen LogP contribution is -2.07. The summed E-state index contributed by atoms with van der Waals surface area (Å²) in [5, 5.41) is 3.40. The van der Waals surface area contributed by atoms with Gasteiger partial charge in [-0.05, 0) is 42.3 Å². The summed E-state index contributed by atoms with van der Waals surface area (Å²) in [7, 11) is 1.98. The Kier molecular flexibility index (Phi) is 5.87. The van der Waals surface area contributed by atoms with Crippen molar-refractivity contribution in [1.29, 1.82) is 0 Å². The van der Waals surface area contributed by atoms with Crippen molar-refractivity contribution >= 4 is 28.3 Å². The van der Waals surface area contributed by atoms with Crippen molar-refractivity contribution in [2.24, 2.45) is 7.05 Å². The molecule has 0 saturated heterocycles. The predicted octanol–water partition coefficient (Wildman–Crippen LogP) is 5.44. The molecule has 0 aliphatic heterocycles. The van der Waals surface area contributed by atoms with Crippen LogP contribution in [0.5, 0.6) is 0 Å². The van der Waals surface area contributed by atoms with Crippen LogP contribution in [0.1, 0.15) is 16.7 Å². The summed E-state index contributed by atoms with van der Waals surface area (Å²) < 4.78 is 2.00. The monoisotopic (exact) mass is 447 g/mol. The van der Waals surface area contributed by atoms with Gasteiger partial charge in [-0.2, -0.15) is 0 Å². The van der Waals surface area contributed by atoms with Crippen LogP contribution in [0.4, 0.5) is 11.5 Å². The highest BCUT2D eigenvalue weighted by atomic mass is 16.1. The van der Waals surface area contributed by atoms with Crippen LogP contribution in [0.3, 0.4) is 0 Å². The number of benzene rings is 2. The molecule has 2 aromatic carbocycles. The molecule has 6 nitrogen and oxygen atoms in total. The lowest BCUT2D eigenvalue weighted by Gasteiger charge is -2.11. The van der Waals surface area contributed by atoms with Crippen LogP contribution in [-0.2, 0) is 24.7 Å². The van der Waals surface area contributed by atoms with E-state index in [4.69, 9.17) is 9.97 Å². The number of carbonyl (C=O) groups is 1. The standard InChI is InChI=1S/C28H25N5O/c1-19-5-3-6-20(15-19)17-24(34)18-21-7-4-8-22(16-21)27-31-25-11-14-33(2)26(25)28(32-27)30-23-9-12-29-13-10-23/h3-16H,17-18H2,1-2H3,(H,29,30,31,32). The van der Waals surface area contributed by atoms with Gasteiger partial charge in [0.2, 0.25) is 0 Å². The van der Waals surface area contributed by atoms with E-state index < -0.39 is 0 Å². The number of nitrogens with one attached hydrogen (secondary N) is 1. The third-order valence-electron chi connectivity index (χ3n) is 5.73. The molecule has 0 saturated carbocycles. The summed E-state index contributed by atoms with van der Waals surface area (Å²) in [6, 6.07) is 21.8. The van der Waals surface area contributed by atoms with E-state index in [2.05, 4.69) is 16.4 Å². The molecule has 1 N–H and O–H groups in total. The van der Waals surface area contributed by atoms with Gasteiger partial charge in [0.05, 0.1) is 5.52 Å². The maximum Gasteiger partial charge on any atom is 0.162 e. The van der Waals surface area contributed by atoms with Gasteiger partial charge in [-0.15, -0.1) is 0 Å². The quantitative estimate of drug-likeness (QED) is 0.360. The van der Waals surface area contributed by atoms with E-state index >= 15 is 0 Å². The zero-order valence-electron chi connectivity index (χ0n) is 19.2. The first kappa shape index (κ1) is 21.5. The van der Waals surface area contributed by atoms with E-state index in [-0.39, 0.29) is 5.78 Å². The van der Waals surface area contributed by atoms with Crippen molar-refractivity contribution in [2.45, 2.75) is 19.8 Å². The summed E-state index contributed by atoms with van der Waals surface area (Å²) in [6.45, 7) is 2.04. The molecule has 0 atom stereocenters. The van der Waals surface area contributed by atoms with E-state index in [0.29, 0.717) is 18.7 Å². The molecule has 3 heterocycles. The fourth-order valence-electron chi connectivity index (χ4n) is 4.14. The summed E-state index contributed by atoms with van der Waals surface area (Å²) in [5.74, 6) is 1.52. The van der Waals surface area contributed by atoms with Crippen molar-refractivity contribution < 1.29 is 4.79 Å². The summed E-state index contributed by atoms with van der Waals surface area (Å²) >= 11 is 0. The smallest absolute Gasteiger partial charge is 0.162 e. The predicted molar refractivity (Wildman–Crippen MR) is 135 cm³/mol. The number of pyridine rings is 1. The van der Waals surface area contributed by atoms with Crippen LogP contribution in [-0.4, -0.2) is 25.3 Å². The van der Waals surface area contributed by atoms with Gasteiger partial charge in [-0.25, -0.2) is 9.97 Å². The molecule has 0 fully saturated rings. The van der Waals surface area contributed by atoms with E-state index in [9.17, 15) is 4.79 Å². The normalized spacial score (nSPS) is 11.0. The largest absolute Gasteiger partial charge is 0.346 e. The topological polar surface area (TPSA) is 72.7 Å². The maximum absolute atomic E-state index is 12.7. The van der Waals surface area contributed by atoms with Gasteiger partial charge >= 0.3 is 0 Å². The Labute approximate surface area is 198 Å². The highest BCUT2D eigenvalue weighted by Crippen LogP contribution is 2.28. The molecule has 5 rings (SSSR count). The average Bonchev–Trinajstić information content (AvgIpc) is 3.21. The van der Waals surface area contributed by atoms with Gasteiger partial charge in [-0.3, -0.25) is 9.78 Å². The second-order valence-electron chi connectivity index (χ2n) is 8.50. The van der Waals surface area contributed by atoms with Gasteiger partial charge in [0.1, 0.15) is 11.3 Å². The number of aryl methyl sites for hydroxylation is 2. The second kappa shape index (κ2) is 9.27. The minimum absolute atomic E-state index is 0.183. The maximum atomic E-state index is 12.7. The summed E-state index contributed by atoms with van der Waals surface area (Å²) in [5.41, 5.74) is 6.72. The molecule has 34 heavy (non-hydrogen) atoms. The van der Waals surface area contributed by atoms with Crippen LogP contribution >= 0.6 is 0 Å². The van der Waals surface area contributed by atoms with Crippen LogP contribution < -0.4 is 5.32 Å². The van der Waals surface area contributed by atoms with Crippen molar-refractivity contribution in [3.8, 4) is 11.4 Å². The SMILES string of the molecule is Cc1cccc(CC(=O)Cc2cccc(-c3nc(Nc4ccncc4)c4c(ccn4C)n3)c2)c1. The number of anilines is 2. The van der Waals surface area contributed by atoms with Crippen molar-refractivity contribution in [3.63, 3.8) is 0 Å². The number of nitrogens with zero attached hydrogens (tertiary/aromatic N) is 4.